The summed E-state index contributed by atoms with van der Waals surface area (Å²) in [6.07, 6.45) is 6.33. The molecule has 3 aromatic heterocycles. The van der Waals surface area contributed by atoms with E-state index in [1.807, 2.05) is 38.8 Å². The topological polar surface area (TPSA) is 114 Å². The van der Waals surface area contributed by atoms with Crippen molar-refractivity contribution in [3.8, 4) is 5.75 Å². The monoisotopic (exact) mass is 467 g/mol. The van der Waals surface area contributed by atoms with Crippen molar-refractivity contribution in [2.24, 2.45) is 0 Å². The van der Waals surface area contributed by atoms with Crippen LogP contribution in [0.3, 0.4) is 0 Å². The lowest BCUT2D eigenvalue weighted by Crippen LogP contribution is -2.50. The number of methoxy groups -OCH3 is 1. The molecule has 180 valence electrons. The first-order valence-corrected chi connectivity index (χ1v) is 11.0. The zero-order valence-corrected chi connectivity index (χ0v) is 20.0. The Labute approximate surface area is 197 Å². The normalized spacial score (nSPS) is 14.3. The summed E-state index contributed by atoms with van der Waals surface area (Å²) < 4.78 is 12.6. The summed E-state index contributed by atoms with van der Waals surface area (Å²) in [6, 6.07) is 1.72. The predicted molar refractivity (Wildman–Crippen MR) is 126 cm³/mol. The molecule has 0 aliphatic carbocycles. The maximum Gasteiger partial charge on any atom is 0.410 e. The van der Waals surface area contributed by atoms with E-state index in [0.717, 1.165) is 5.69 Å². The van der Waals surface area contributed by atoms with E-state index in [1.54, 1.807) is 34.0 Å². The van der Waals surface area contributed by atoms with E-state index < -0.39 is 5.60 Å². The molecule has 0 saturated carbocycles. The number of anilines is 2. The Morgan fingerprint density at radius 2 is 1.74 bits per heavy atom. The van der Waals surface area contributed by atoms with Gasteiger partial charge in [0.1, 0.15) is 17.0 Å². The van der Waals surface area contributed by atoms with Crippen molar-refractivity contribution in [2.45, 2.75) is 33.3 Å². The van der Waals surface area contributed by atoms with Crippen LogP contribution < -0.4 is 15.0 Å². The second kappa shape index (κ2) is 9.16. The minimum Gasteiger partial charge on any atom is -0.496 e. The van der Waals surface area contributed by atoms with E-state index in [1.165, 1.54) is 7.11 Å². The fraction of sp³-hybridized carbons (Fsp3) is 0.435. The van der Waals surface area contributed by atoms with Crippen molar-refractivity contribution >= 4 is 29.3 Å². The highest BCUT2D eigenvalue weighted by molar-refractivity contribution is 6.06. The van der Waals surface area contributed by atoms with Gasteiger partial charge in [0.25, 0.3) is 5.91 Å². The van der Waals surface area contributed by atoms with E-state index in [0.29, 0.717) is 54.8 Å². The fourth-order valence-corrected chi connectivity index (χ4v) is 3.65. The summed E-state index contributed by atoms with van der Waals surface area (Å²) >= 11 is 0. The van der Waals surface area contributed by atoms with Gasteiger partial charge in [-0.05, 0) is 27.7 Å². The zero-order valence-electron chi connectivity index (χ0n) is 20.0. The predicted octanol–water partition coefficient (Wildman–Crippen LogP) is 2.75. The minimum absolute atomic E-state index is 0.314. The van der Waals surface area contributed by atoms with Crippen molar-refractivity contribution in [3.63, 3.8) is 0 Å². The number of pyridine rings is 1. The number of piperazine rings is 1. The number of carbonyl (C=O) groups excluding carboxylic acids is 2. The number of nitrogens with one attached hydrogen (secondary N) is 1. The van der Waals surface area contributed by atoms with Crippen LogP contribution in [0.5, 0.6) is 5.75 Å². The first-order chi connectivity index (χ1) is 16.1. The summed E-state index contributed by atoms with van der Waals surface area (Å²) in [7, 11) is 1.51. The minimum atomic E-state index is -0.523. The molecule has 1 aliphatic heterocycles. The molecule has 3 aromatic rings. The number of hydrogen-bond donors (Lipinski definition) is 1. The molecule has 0 atom stereocenters. The average molecular weight is 468 g/mol. The summed E-state index contributed by atoms with van der Waals surface area (Å²) in [6.45, 7) is 9.65. The van der Waals surface area contributed by atoms with Gasteiger partial charge in [-0.2, -0.15) is 0 Å². The highest BCUT2D eigenvalue weighted by Gasteiger charge is 2.26. The maximum absolute atomic E-state index is 12.9. The van der Waals surface area contributed by atoms with Gasteiger partial charge < -0.3 is 29.0 Å². The van der Waals surface area contributed by atoms with Crippen molar-refractivity contribution in [3.05, 3.63) is 42.1 Å². The summed E-state index contributed by atoms with van der Waals surface area (Å²) in [4.78, 5) is 42.0. The van der Waals surface area contributed by atoms with E-state index in [9.17, 15) is 9.59 Å². The third kappa shape index (κ3) is 5.19. The van der Waals surface area contributed by atoms with Crippen LogP contribution in [0.1, 0.15) is 36.8 Å². The molecule has 4 rings (SSSR count). The second-order valence-corrected chi connectivity index (χ2v) is 9.08. The molecular formula is C23H29N7O4. The van der Waals surface area contributed by atoms with Crippen LogP contribution in [0, 0.1) is 6.92 Å². The van der Waals surface area contributed by atoms with Gasteiger partial charge in [0.15, 0.2) is 0 Å². The Morgan fingerprint density at radius 3 is 2.35 bits per heavy atom. The van der Waals surface area contributed by atoms with E-state index >= 15 is 0 Å². The van der Waals surface area contributed by atoms with Crippen molar-refractivity contribution < 1.29 is 19.1 Å². The molecule has 1 aliphatic rings. The third-order valence-electron chi connectivity index (χ3n) is 5.25. The van der Waals surface area contributed by atoms with E-state index in [4.69, 9.17) is 9.47 Å². The lowest BCUT2D eigenvalue weighted by Gasteiger charge is -2.35. The van der Waals surface area contributed by atoms with Gasteiger partial charge in [-0.3, -0.25) is 4.79 Å². The van der Waals surface area contributed by atoms with Crippen LogP contribution in [-0.4, -0.2) is 75.1 Å². The molecule has 0 bridgehead atoms. The second-order valence-electron chi connectivity index (χ2n) is 9.08. The molecule has 4 heterocycles. The average Bonchev–Trinajstić information content (AvgIpc) is 3.16. The Bertz CT molecular complexity index is 1190. The maximum atomic E-state index is 12.9. The first-order valence-electron chi connectivity index (χ1n) is 11.0. The van der Waals surface area contributed by atoms with Gasteiger partial charge in [-0.15, -0.1) is 0 Å². The largest absolute Gasteiger partial charge is 0.496 e. The molecule has 2 amide bonds. The summed E-state index contributed by atoms with van der Waals surface area (Å²) in [5, 5.41) is 2.81. The lowest BCUT2D eigenvalue weighted by atomic mass is 10.2. The number of aromatic nitrogens is 4. The van der Waals surface area contributed by atoms with Gasteiger partial charge in [0, 0.05) is 44.6 Å². The number of imidazole rings is 1. The van der Waals surface area contributed by atoms with Crippen LogP contribution in [0.4, 0.5) is 16.4 Å². The molecule has 34 heavy (non-hydrogen) atoms. The smallest absolute Gasteiger partial charge is 0.410 e. The summed E-state index contributed by atoms with van der Waals surface area (Å²) in [5.41, 5.74) is 1.85. The van der Waals surface area contributed by atoms with Crippen LogP contribution >= 0.6 is 0 Å². The Balaban J connectivity index is 1.39. The molecule has 11 heteroatoms. The van der Waals surface area contributed by atoms with E-state index in [-0.39, 0.29) is 12.0 Å². The van der Waals surface area contributed by atoms with Gasteiger partial charge in [-0.25, -0.2) is 19.7 Å². The highest BCUT2D eigenvalue weighted by atomic mass is 16.6. The fourth-order valence-electron chi connectivity index (χ4n) is 3.65. The Hall–Kier alpha value is -3.89. The highest BCUT2D eigenvalue weighted by Crippen LogP contribution is 2.23. The quantitative estimate of drug-likeness (QED) is 0.623. The Morgan fingerprint density at radius 1 is 1.06 bits per heavy atom. The van der Waals surface area contributed by atoms with Gasteiger partial charge in [0.2, 0.25) is 5.95 Å². The van der Waals surface area contributed by atoms with Crippen LogP contribution in [0.15, 0.2) is 30.9 Å². The molecule has 1 N–H and O–H groups in total. The molecule has 0 radical (unpaired) electrons. The third-order valence-corrected chi connectivity index (χ3v) is 5.25. The Kier molecular flexibility index (Phi) is 6.27. The van der Waals surface area contributed by atoms with Crippen molar-refractivity contribution in [1.29, 1.82) is 0 Å². The molecule has 0 spiro atoms. The molecule has 11 nitrogen and oxygen atoms in total. The van der Waals surface area contributed by atoms with Gasteiger partial charge in [0.05, 0.1) is 36.4 Å². The van der Waals surface area contributed by atoms with Gasteiger partial charge >= 0.3 is 6.09 Å². The number of rotatable bonds is 4. The van der Waals surface area contributed by atoms with Crippen molar-refractivity contribution in [2.75, 3.05) is 43.5 Å². The molecule has 0 unspecified atom stereocenters. The van der Waals surface area contributed by atoms with Crippen molar-refractivity contribution in [1.82, 2.24) is 24.3 Å². The van der Waals surface area contributed by atoms with Crippen LogP contribution in [0.25, 0.3) is 5.65 Å². The number of fused-ring (bicyclic) bond motifs is 1. The summed E-state index contributed by atoms with van der Waals surface area (Å²) in [5.74, 6) is 0.623. The van der Waals surface area contributed by atoms with E-state index in [2.05, 4.69) is 20.3 Å². The molecule has 0 aromatic carbocycles. The first kappa shape index (κ1) is 23.3. The SMILES string of the molecule is COc1cc2nc(C)cn2cc1C(=O)Nc1cnc(N2CCN(C(=O)OC(C)(C)C)CC2)nc1. The number of carbonyl (C=O) groups is 2. The number of amides is 2. The molecular weight excluding hydrogens is 438 g/mol. The molecule has 1 fully saturated rings. The number of ether oxygens (including phenoxy) is 2. The number of aryl methyl sites for hydroxylation is 1. The van der Waals surface area contributed by atoms with Crippen LogP contribution in [-0.2, 0) is 4.74 Å². The molecule has 1 saturated heterocycles. The standard InChI is InChI=1S/C23H29N7O4/c1-15-13-30-14-17(18(33-5)10-19(30)26-15)20(31)27-16-11-24-21(25-12-16)28-6-8-29(9-7-28)22(32)34-23(2,3)4/h10-14H,6-9H2,1-5H3,(H,27,31). The number of nitrogens with zero attached hydrogens (tertiary/aromatic N) is 6. The lowest BCUT2D eigenvalue weighted by molar-refractivity contribution is 0.0240. The number of hydrogen-bond acceptors (Lipinski definition) is 8. The van der Waals surface area contributed by atoms with Gasteiger partial charge in [-0.1, -0.05) is 0 Å². The zero-order chi connectivity index (χ0) is 24.5. The van der Waals surface area contributed by atoms with Crippen LogP contribution in [0.2, 0.25) is 0 Å².